The minimum Gasteiger partial charge on any atom is -0.339 e. The molecule has 1 atom stereocenters. The molecule has 1 N–H and O–H groups in total. The highest BCUT2D eigenvalue weighted by Gasteiger charge is 2.17. The van der Waals surface area contributed by atoms with Crippen molar-refractivity contribution in [3.05, 3.63) is 34.9 Å². The van der Waals surface area contributed by atoms with Crippen LogP contribution in [-0.4, -0.2) is 30.4 Å². The molecule has 116 valence electrons. The van der Waals surface area contributed by atoms with Gasteiger partial charge < -0.3 is 10.2 Å². The molecular weight excluding hydrogens is 284 g/mol. The second-order valence-corrected chi connectivity index (χ2v) is 6.23. The monoisotopic (exact) mass is 308 g/mol. The lowest BCUT2D eigenvalue weighted by Gasteiger charge is -2.25. The first kappa shape index (κ1) is 16.3. The number of halogens is 1. The Labute approximate surface area is 132 Å². The number of rotatable bonds is 6. The molecule has 1 heterocycles. The fraction of sp³-hybridized carbons (Fsp3) is 0.588. The van der Waals surface area contributed by atoms with E-state index >= 15 is 0 Å². The van der Waals surface area contributed by atoms with Crippen LogP contribution in [0.2, 0.25) is 5.02 Å². The number of amides is 1. The molecule has 21 heavy (non-hydrogen) atoms. The Morgan fingerprint density at radius 3 is 3.00 bits per heavy atom. The van der Waals surface area contributed by atoms with Crippen LogP contribution in [-0.2, 0) is 11.3 Å². The normalized spacial score (nSPS) is 18.5. The summed E-state index contributed by atoms with van der Waals surface area (Å²) >= 11 is 6.00. The first-order valence-corrected chi connectivity index (χ1v) is 8.29. The van der Waals surface area contributed by atoms with Crippen molar-refractivity contribution < 1.29 is 4.79 Å². The molecule has 4 heteroatoms. The molecule has 1 unspecified atom stereocenters. The molecule has 1 amide bonds. The lowest BCUT2D eigenvalue weighted by Crippen LogP contribution is -2.33. The smallest absolute Gasteiger partial charge is 0.222 e. The largest absolute Gasteiger partial charge is 0.339 e. The lowest BCUT2D eigenvalue weighted by molar-refractivity contribution is -0.132. The van der Waals surface area contributed by atoms with Gasteiger partial charge in [0.1, 0.15) is 0 Å². The average Bonchev–Trinajstić information content (AvgIpc) is 2.51. The van der Waals surface area contributed by atoms with Gasteiger partial charge in [0.05, 0.1) is 0 Å². The highest BCUT2D eigenvalue weighted by molar-refractivity contribution is 6.30. The molecule has 0 aliphatic carbocycles. The van der Waals surface area contributed by atoms with Gasteiger partial charge in [0.15, 0.2) is 0 Å². The third-order valence-electron chi connectivity index (χ3n) is 4.16. The van der Waals surface area contributed by atoms with Crippen LogP contribution in [0.3, 0.4) is 0 Å². The summed E-state index contributed by atoms with van der Waals surface area (Å²) in [5.74, 6) is 0.913. The molecule has 1 aromatic rings. The molecule has 1 saturated heterocycles. The van der Waals surface area contributed by atoms with Gasteiger partial charge in [-0.25, -0.2) is 0 Å². The van der Waals surface area contributed by atoms with Gasteiger partial charge in [-0.3, -0.25) is 4.79 Å². The van der Waals surface area contributed by atoms with Gasteiger partial charge in [-0.15, -0.1) is 0 Å². The maximum Gasteiger partial charge on any atom is 0.222 e. The van der Waals surface area contributed by atoms with Crippen molar-refractivity contribution >= 4 is 17.5 Å². The first-order valence-electron chi connectivity index (χ1n) is 7.92. The number of carbonyl (C=O) groups is 1. The number of nitrogens with zero attached hydrogens (tertiary/aromatic N) is 1. The summed E-state index contributed by atoms with van der Waals surface area (Å²) in [6.07, 6.45) is 4.14. The molecule has 1 aliphatic rings. The van der Waals surface area contributed by atoms with E-state index in [4.69, 9.17) is 11.6 Å². The third-order valence-corrected chi connectivity index (χ3v) is 4.40. The number of carbonyl (C=O) groups excluding carboxylic acids is 1. The van der Waals surface area contributed by atoms with Crippen molar-refractivity contribution in [2.24, 2.45) is 5.92 Å². The van der Waals surface area contributed by atoms with Crippen molar-refractivity contribution in [2.75, 3.05) is 19.6 Å². The third kappa shape index (κ3) is 5.33. The summed E-state index contributed by atoms with van der Waals surface area (Å²) in [5.41, 5.74) is 1.09. The number of hydrogen-bond donors (Lipinski definition) is 1. The van der Waals surface area contributed by atoms with Crippen molar-refractivity contribution in [2.45, 2.75) is 39.2 Å². The molecule has 2 rings (SSSR count). The van der Waals surface area contributed by atoms with Crippen LogP contribution >= 0.6 is 11.6 Å². The fourth-order valence-electron chi connectivity index (χ4n) is 2.89. The van der Waals surface area contributed by atoms with Crippen LogP contribution in [0.25, 0.3) is 0 Å². The molecule has 3 nitrogen and oxygen atoms in total. The fourth-order valence-corrected chi connectivity index (χ4v) is 3.10. The SMILES string of the molecule is CCN(Cc1cccc(Cl)c1)C(=O)CCC1CCCNC1. The zero-order valence-electron chi connectivity index (χ0n) is 12.8. The van der Waals surface area contributed by atoms with Gasteiger partial charge in [0.25, 0.3) is 0 Å². The van der Waals surface area contributed by atoms with Gasteiger partial charge in [-0.2, -0.15) is 0 Å². The van der Waals surface area contributed by atoms with Gasteiger partial charge in [-0.05, 0) is 62.9 Å². The molecule has 1 fully saturated rings. The topological polar surface area (TPSA) is 32.3 Å². The second kappa shape index (κ2) is 8.40. The van der Waals surface area contributed by atoms with Crippen molar-refractivity contribution in [1.82, 2.24) is 10.2 Å². The van der Waals surface area contributed by atoms with Crippen LogP contribution in [0.15, 0.2) is 24.3 Å². The molecule has 0 spiro atoms. The molecule has 0 saturated carbocycles. The van der Waals surface area contributed by atoms with E-state index < -0.39 is 0 Å². The van der Waals surface area contributed by atoms with Crippen LogP contribution in [0.1, 0.15) is 38.2 Å². The molecule has 1 aromatic carbocycles. The number of piperidine rings is 1. The Kier molecular flexibility index (Phi) is 6.52. The summed E-state index contributed by atoms with van der Waals surface area (Å²) in [4.78, 5) is 14.3. The zero-order chi connectivity index (χ0) is 15.1. The lowest BCUT2D eigenvalue weighted by atomic mass is 9.94. The van der Waals surface area contributed by atoms with E-state index in [1.54, 1.807) is 0 Å². The minimum atomic E-state index is 0.253. The van der Waals surface area contributed by atoms with Crippen LogP contribution < -0.4 is 5.32 Å². The summed E-state index contributed by atoms with van der Waals surface area (Å²) in [5, 5.41) is 4.13. The van der Waals surface area contributed by atoms with E-state index in [1.165, 1.54) is 12.8 Å². The summed E-state index contributed by atoms with van der Waals surface area (Å²) in [6, 6.07) is 7.75. The summed E-state index contributed by atoms with van der Waals surface area (Å²) < 4.78 is 0. The van der Waals surface area contributed by atoms with E-state index in [1.807, 2.05) is 36.1 Å². The first-order chi connectivity index (χ1) is 10.2. The highest BCUT2D eigenvalue weighted by atomic mass is 35.5. The Bertz CT molecular complexity index is 458. The van der Waals surface area contributed by atoms with Crippen LogP contribution in [0.5, 0.6) is 0 Å². The Balaban J connectivity index is 1.83. The number of nitrogens with one attached hydrogen (secondary N) is 1. The summed E-state index contributed by atoms with van der Waals surface area (Å²) in [6.45, 7) is 5.62. The quantitative estimate of drug-likeness (QED) is 0.873. The Morgan fingerprint density at radius 1 is 1.48 bits per heavy atom. The van der Waals surface area contributed by atoms with Gasteiger partial charge >= 0.3 is 0 Å². The number of hydrogen-bond acceptors (Lipinski definition) is 2. The second-order valence-electron chi connectivity index (χ2n) is 5.79. The average molecular weight is 309 g/mol. The van der Waals surface area contributed by atoms with Crippen LogP contribution in [0, 0.1) is 5.92 Å². The standard InChI is InChI=1S/C17H25ClN2O/c1-2-20(13-15-5-3-7-16(18)11-15)17(21)9-8-14-6-4-10-19-12-14/h3,5,7,11,14,19H,2,4,6,8-10,12-13H2,1H3. The van der Waals surface area contributed by atoms with E-state index in [9.17, 15) is 4.79 Å². The van der Waals surface area contributed by atoms with E-state index in [-0.39, 0.29) is 5.91 Å². The van der Waals surface area contributed by atoms with Crippen molar-refractivity contribution in [3.63, 3.8) is 0 Å². The van der Waals surface area contributed by atoms with E-state index in [2.05, 4.69) is 5.32 Å². The molecule has 0 bridgehead atoms. The maximum absolute atomic E-state index is 12.4. The van der Waals surface area contributed by atoms with Gasteiger partial charge in [0, 0.05) is 24.5 Å². The van der Waals surface area contributed by atoms with Crippen LogP contribution in [0.4, 0.5) is 0 Å². The van der Waals surface area contributed by atoms with E-state index in [0.717, 1.165) is 36.6 Å². The Morgan fingerprint density at radius 2 is 2.33 bits per heavy atom. The maximum atomic E-state index is 12.4. The molecule has 0 radical (unpaired) electrons. The predicted molar refractivity (Wildman–Crippen MR) is 87.4 cm³/mol. The van der Waals surface area contributed by atoms with Crippen molar-refractivity contribution in [1.29, 1.82) is 0 Å². The van der Waals surface area contributed by atoms with Crippen molar-refractivity contribution in [3.8, 4) is 0 Å². The van der Waals surface area contributed by atoms with Gasteiger partial charge in [-0.1, -0.05) is 23.7 Å². The zero-order valence-corrected chi connectivity index (χ0v) is 13.5. The molecule has 0 aromatic heterocycles. The number of benzene rings is 1. The molecule has 1 aliphatic heterocycles. The summed E-state index contributed by atoms with van der Waals surface area (Å²) in [7, 11) is 0. The predicted octanol–water partition coefficient (Wildman–Crippen LogP) is 3.47. The molecular formula is C17H25ClN2O. The minimum absolute atomic E-state index is 0.253. The van der Waals surface area contributed by atoms with Gasteiger partial charge in [0.2, 0.25) is 5.91 Å². The van der Waals surface area contributed by atoms with E-state index in [0.29, 0.717) is 18.9 Å². The highest BCUT2D eigenvalue weighted by Crippen LogP contribution is 2.18. The Hall–Kier alpha value is -1.06.